The zero-order valence-corrected chi connectivity index (χ0v) is 15.1. The predicted molar refractivity (Wildman–Crippen MR) is 103 cm³/mol. The van der Waals surface area contributed by atoms with Crippen LogP contribution in [0.3, 0.4) is 0 Å². The van der Waals surface area contributed by atoms with Crippen molar-refractivity contribution in [1.82, 2.24) is 5.43 Å². The first-order valence-electron chi connectivity index (χ1n) is 8.07. The van der Waals surface area contributed by atoms with Crippen molar-refractivity contribution < 1.29 is 18.9 Å². The Morgan fingerprint density at radius 1 is 1.21 bits per heavy atom. The molecule has 28 heavy (non-hydrogen) atoms. The van der Waals surface area contributed by atoms with Crippen LogP contribution >= 0.6 is 11.6 Å². The lowest BCUT2D eigenvalue weighted by molar-refractivity contribution is -0.385. The Labute approximate surface area is 164 Å². The van der Waals surface area contributed by atoms with E-state index in [9.17, 15) is 14.9 Å². The lowest BCUT2D eigenvalue weighted by Crippen LogP contribution is -2.24. The molecule has 2 aromatic carbocycles. The van der Waals surface area contributed by atoms with Crippen LogP contribution in [-0.2, 0) is 4.79 Å². The number of amides is 1. The number of hydrogen-bond donors (Lipinski definition) is 1. The molecule has 1 heterocycles. The average Bonchev–Trinajstić information content (AvgIpc) is 3.15. The first kappa shape index (κ1) is 19.1. The van der Waals surface area contributed by atoms with Gasteiger partial charge in [0.25, 0.3) is 5.91 Å². The van der Waals surface area contributed by atoms with Crippen molar-refractivity contribution in [1.29, 1.82) is 0 Å². The van der Waals surface area contributed by atoms with Crippen LogP contribution in [0.25, 0.3) is 11.3 Å². The molecule has 0 spiro atoms. The molecule has 3 rings (SSSR count). The van der Waals surface area contributed by atoms with E-state index in [1.807, 2.05) is 12.1 Å². The van der Waals surface area contributed by atoms with Gasteiger partial charge in [0.15, 0.2) is 12.4 Å². The highest BCUT2D eigenvalue weighted by Crippen LogP contribution is 2.26. The maximum atomic E-state index is 11.8. The molecular weight excluding hydrogens is 386 g/mol. The molecule has 0 radical (unpaired) electrons. The summed E-state index contributed by atoms with van der Waals surface area (Å²) in [4.78, 5) is 22.1. The van der Waals surface area contributed by atoms with Crippen molar-refractivity contribution in [3.8, 4) is 17.1 Å². The molecule has 0 bridgehead atoms. The second kappa shape index (κ2) is 8.83. The molecule has 0 unspecified atom stereocenters. The predicted octanol–water partition coefficient (Wildman–Crippen LogP) is 4.04. The van der Waals surface area contributed by atoms with E-state index in [1.54, 1.807) is 30.3 Å². The van der Waals surface area contributed by atoms with E-state index in [4.69, 9.17) is 20.8 Å². The number of benzene rings is 2. The summed E-state index contributed by atoms with van der Waals surface area (Å²) in [7, 11) is 0. The summed E-state index contributed by atoms with van der Waals surface area (Å²) in [6.45, 7) is -0.423. The smallest absolute Gasteiger partial charge is 0.310 e. The quantitative estimate of drug-likeness (QED) is 0.366. The van der Waals surface area contributed by atoms with Crippen molar-refractivity contribution in [2.45, 2.75) is 0 Å². The molecule has 3 aromatic rings. The minimum atomic E-state index is -0.584. The molecule has 8 nitrogen and oxygen atoms in total. The van der Waals surface area contributed by atoms with E-state index in [1.165, 1.54) is 24.4 Å². The fourth-order valence-corrected chi connectivity index (χ4v) is 2.48. The first-order chi connectivity index (χ1) is 13.5. The van der Waals surface area contributed by atoms with Crippen molar-refractivity contribution >= 4 is 29.4 Å². The Kier molecular flexibility index (Phi) is 6.03. The van der Waals surface area contributed by atoms with Crippen molar-refractivity contribution in [2.75, 3.05) is 6.61 Å². The van der Waals surface area contributed by atoms with E-state index >= 15 is 0 Å². The van der Waals surface area contributed by atoms with Gasteiger partial charge in [-0.25, -0.2) is 5.43 Å². The number of para-hydroxylation sites is 2. The number of furan rings is 1. The molecule has 0 aliphatic heterocycles. The largest absolute Gasteiger partial charge is 0.477 e. The number of carbonyl (C=O) groups excluding carboxylic acids is 1. The number of rotatable bonds is 7. The van der Waals surface area contributed by atoms with E-state index < -0.39 is 17.4 Å². The molecule has 1 amide bonds. The summed E-state index contributed by atoms with van der Waals surface area (Å²) < 4.78 is 10.8. The monoisotopic (exact) mass is 399 g/mol. The highest BCUT2D eigenvalue weighted by molar-refractivity contribution is 6.30. The van der Waals surface area contributed by atoms with Crippen LogP contribution in [0, 0.1) is 10.1 Å². The second-order valence-electron chi connectivity index (χ2n) is 5.52. The van der Waals surface area contributed by atoms with Gasteiger partial charge in [0.05, 0.1) is 11.1 Å². The Hall–Kier alpha value is -3.65. The van der Waals surface area contributed by atoms with Gasteiger partial charge in [-0.2, -0.15) is 5.10 Å². The minimum Gasteiger partial charge on any atom is -0.477 e. The Bertz CT molecular complexity index is 1030. The third-order valence-electron chi connectivity index (χ3n) is 3.54. The average molecular weight is 400 g/mol. The topological polar surface area (TPSA) is 107 Å². The number of nitro benzene ring substituents is 1. The summed E-state index contributed by atoms with van der Waals surface area (Å²) in [5, 5.41) is 15.3. The third-order valence-corrected chi connectivity index (χ3v) is 3.77. The normalized spacial score (nSPS) is 10.8. The van der Waals surface area contributed by atoms with Gasteiger partial charge in [-0.1, -0.05) is 35.9 Å². The third kappa shape index (κ3) is 4.95. The lowest BCUT2D eigenvalue weighted by Gasteiger charge is -2.05. The summed E-state index contributed by atoms with van der Waals surface area (Å²) in [5.41, 5.74) is 2.86. The van der Waals surface area contributed by atoms with E-state index in [-0.39, 0.29) is 11.4 Å². The van der Waals surface area contributed by atoms with Crippen LogP contribution in [0.5, 0.6) is 5.75 Å². The van der Waals surface area contributed by atoms with Gasteiger partial charge < -0.3 is 9.15 Å². The van der Waals surface area contributed by atoms with Crippen LogP contribution in [0.1, 0.15) is 5.76 Å². The van der Waals surface area contributed by atoms with Gasteiger partial charge in [-0.15, -0.1) is 0 Å². The minimum absolute atomic E-state index is 0.00354. The number of nitro groups is 1. The molecular formula is C19H14ClN3O5. The molecule has 0 saturated carbocycles. The zero-order chi connectivity index (χ0) is 19.9. The molecule has 0 aliphatic rings. The van der Waals surface area contributed by atoms with E-state index in [0.717, 1.165) is 5.56 Å². The number of ether oxygens (including phenoxy) is 1. The number of halogens is 1. The zero-order valence-electron chi connectivity index (χ0n) is 14.4. The van der Waals surface area contributed by atoms with Gasteiger partial charge in [-0.3, -0.25) is 14.9 Å². The van der Waals surface area contributed by atoms with Crippen molar-refractivity contribution in [2.24, 2.45) is 5.10 Å². The van der Waals surface area contributed by atoms with Gasteiger partial charge >= 0.3 is 5.69 Å². The number of nitrogens with one attached hydrogen (secondary N) is 1. The van der Waals surface area contributed by atoms with Crippen molar-refractivity contribution in [3.63, 3.8) is 0 Å². The van der Waals surface area contributed by atoms with Gasteiger partial charge in [0.2, 0.25) is 0 Å². The van der Waals surface area contributed by atoms with Crippen LogP contribution in [-0.4, -0.2) is 23.7 Å². The first-order valence-corrected chi connectivity index (χ1v) is 8.44. The molecule has 0 atom stereocenters. The molecule has 1 aromatic heterocycles. The standard InChI is InChI=1S/C19H14ClN3O5/c20-14-5-3-4-13(10-14)17-9-8-15(28-17)11-21-22-19(24)12-27-18-7-2-1-6-16(18)23(25)26/h1-11H,12H2,(H,22,24). The molecule has 9 heteroatoms. The maximum absolute atomic E-state index is 11.8. The fraction of sp³-hybridized carbons (Fsp3) is 0.0526. The second-order valence-corrected chi connectivity index (χ2v) is 5.96. The Morgan fingerprint density at radius 2 is 2.04 bits per heavy atom. The van der Waals surface area contributed by atoms with Crippen molar-refractivity contribution in [3.05, 3.63) is 81.6 Å². The summed E-state index contributed by atoms with van der Waals surface area (Å²) in [6.07, 6.45) is 1.33. The molecule has 142 valence electrons. The molecule has 0 saturated heterocycles. The number of carbonyl (C=O) groups is 1. The highest BCUT2D eigenvalue weighted by Gasteiger charge is 2.14. The number of hydrogen-bond acceptors (Lipinski definition) is 6. The van der Waals surface area contributed by atoms with Crippen LogP contribution in [0.4, 0.5) is 5.69 Å². The Balaban J connectivity index is 1.54. The maximum Gasteiger partial charge on any atom is 0.310 e. The SMILES string of the molecule is O=C(COc1ccccc1[N+](=O)[O-])NN=Cc1ccc(-c2cccc(Cl)c2)o1. The van der Waals surface area contributed by atoms with Gasteiger partial charge in [-0.05, 0) is 30.3 Å². The molecule has 0 fully saturated rings. The number of nitrogens with zero attached hydrogens (tertiary/aromatic N) is 2. The summed E-state index contributed by atoms with van der Waals surface area (Å²) >= 11 is 5.96. The Morgan fingerprint density at radius 3 is 2.82 bits per heavy atom. The lowest BCUT2D eigenvalue weighted by atomic mass is 10.2. The van der Waals surface area contributed by atoms with Crippen LogP contribution in [0.15, 0.2) is 70.2 Å². The van der Waals surface area contributed by atoms with Crippen LogP contribution in [0.2, 0.25) is 5.02 Å². The van der Waals surface area contributed by atoms with Crippen LogP contribution < -0.4 is 10.2 Å². The number of hydrazone groups is 1. The highest BCUT2D eigenvalue weighted by atomic mass is 35.5. The molecule has 1 N–H and O–H groups in total. The van der Waals surface area contributed by atoms with E-state index in [0.29, 0.717) is 16.5 Å². The van der Waals surface area contributed by atoms with Gasteiger partial charge in [0, 0.05) is 16.7 Å². The summed E-state index contributed by atoms with van der Waals surface area (Å²) in [6, 6.07) is 16.4. The molecule has 0 aliphatic carbocycles. The summed E-state index contributed by atoms with van der Waals surface area (Å²) in [5.74, 6) is 0.463. The van der Waals surface area contributed by atoms with Gasteiger partial charge in [0.1, 0.15) is 11.5 Å². The fourth-order valence-electron chi connectivity index (χ4n) is 2.29. The van der Waals surface area contributed by atoms with E-state index in [2.05, 4.69) is 10.5 Å².